The van der Waals surface area contributed by atoms with E-state index in [-0.39, 0.29) is 23.4 Å². The van der Waals surface area contributed by atoms with Crippen molar-refractivity contribution in [1.29, 1.82) is 0 Å². The van der Waals surface area contributed by atoms with Crippen LogP contribution in [0.25, 0.3) is 0 Å². The fraction of sp³-hybridized carbons (Fsp3) is 0.259. The van der Waals surface area contributed by atoms with Gasteiger partial charge in [0.2, 0.25) is 11.8 Å². The van der Waals surface area contributed by atoms with Gasteiger partial charge in [0.1, 0.15) is 11.1 Å². The van der Waals surface area contributed by atoms with Crippen LogP contribution in [-0.2, 0) is 22.6 Å². The van der Waals surface area contributed by atoms with E-state index in [1.54, 1.807) is 17.9 Å². The van der Waals surface area contributed by atoms with E-state index in [1.165, 1.54) is 29.5 Å². The molecule has 1 aliphatic rings. The molecule has 0 bridgehead atoms. The number of carbonyl (C=O) groups is 2. The summed E-state index contributed by atoms with van der Waals surface area (Å²) in [5.74, 6) is -1.28. The van der Waals surface area contributed by atoms with Crippen LogP contribution in [0.3, 0.4) is 0 Å². The normalized spacial score (nSPS) is 16.2. The van der Waals surface area contributed by atoms with Crippen molar-refractivity contribution in [3.05, 3.63) is 94.3 Å². The zero-order valence-electron chi connectivity index (χ0n) is 19.1. The number of rotatable bonds is 7. The number of nitrogens with zero attached hydrogens (tertiary/aromatic N) is 1. The first-order valence-corrected chi connectivity index (χ1v) is 12.4. The molecule has 0 saturated heterocycles. The molecule has 0 saturated carbocycles. The number of aryl methyl sites for hydroxylation is 1. The fourth-order valence-electron chi connectivity index (χ4n) is 4.03. The minimum atomic E-state index is -0.576. The highest BCUT2D eigenvalue weighted by molar-refractivity contribution is 8.01. The Kier molecular flexibility index (Phi) is 7.59. The third-order valence-corrected chi connectivity index (χ3v) is 7.74. The van der Waals surface area contributed by atoms with Gasteiger partial charge in [-0.05, 0) is 48.7 Å². The Labute approximate surface area is 208 Å². The van der Waals surface area contributed by atoms with Crippen molar-refractivity contribution in [2.75, 3.05) is 11.4 Å². The Balaban J connectivity index is 1.49. The van der Waals surface area contributed by atoms with Crippen LogP contribution < -0.4 is 10.2 Å². The molecular weight excluding hydrogens is 471 g/mol. The SMILES string of the molecule is Cc1cccc(CCNC(=O)[C@H](C)[C@H]2Sc3ccccc3N(Cc3ccc(F)cc3Cl)C2=O)c1. The second kappa shape index (κ2) is 10.6. The van der Waals surface area contributed by atoms with Crippen molar-refractivity contribution in [2.45, 2.75) is 37.0 Å². The van der Waals surface area contributed by atoms with E-state index in [0.29, 0.717) is 12.1 Å². The number of benzene rings is 3. The van der Waals surface area contributed by atoms with Gasteiger partial charge in [0, 0.05) is 16.5 Å². The van der Waals surface area contributed by atoms with Gasteiger partial charge >= 0.3 is 0 Å². The predicted molar refractivity (Wildman–Crippen MR) is 136 cm³/mol. The highest BCUT2D eigenvalue weighted by Crippen LogP contribution is 2.42. The van der Waals surface area contributed by atoms with E-state index < -0.39 is 17.0 Å². The number of halogens is 2. The maximum absolute atomic E-state index is 13.6. The number of hydrogen-bond acceptors (Lipinski definition) is 3. The summed E-state index contributed by atoms with van der Waals surface area (Å²) < 4.78 is 13.5. The Morgan fingerprint density at radius 2 is 1.94 bits per heavy atom. The molecule has 0 spiro atoms. The number of carbonyl (C=O) groups excluding carboxylic acids is 2. The molecule has 4 rings (SSSR count). The predicted octanol–water partition coefficient (Wildman–Crippen LogP) is 5.79. The van der Waals surface area contributed by atoms with Crippen molar-refractivity contribution in [1.82, 2.24) is 5.32 Å². The van der Waals surface area contributed by atoms with E-state index >= 15 is 0 Å². The molecule has 0 fully saturated rings. The van der Waals surface area contributed by atoms with Gasteiger partial charge in [0.05, 0.1) is 18.2 Å². The van der Waals surface area contributed by atoms with Crippen LogP contribution in [0.1, 0.15) is 23.6 Å². The molecule has 34 heavy (non-hydrogen) atoms. The standard InChI is InChI=1S/C27H26ClFN2O2S/c1-17-6-5-7-19(14-17)12-13-30-26(32)18(2)25-27(33)31(23-8-3-4-9-24(23)34-25)16-20-10-11-21(29)15-22(20)28/h3-11,14-15,18,25H,12-13,16H2,1-2H3,(H,30,32)/t18-,25-/m1/s1. The molecular formula is C27H26ClFN2O2S. The van der Waals surface area contributed by atoms with Gasteiger partial charge in [-0.3, -0.25) is 9.59 Å². The summed E-state index contributed by atoms with van der Waals surface area (Å²) >= 11 is 7.65. The first kappa shape index (κ1) is 24.3. The fourth-order valence-corrected chi connectivity index (χ4v) is 5.55. The quantitative estimate of drug-likeness (QED) is 0.450. The van der Waals surface area contributed by atoms with Crippen molar-refractivity contribution in [3.63, 3.8) is 0 Å². The molecule has 2 atom stereocenters. The summed E-state index contributed by atoms with van der Waals surface area (Å²) in [6.45, 7) is 4.53. The summed E-state index contributed by atoms with van der Waals surface area (Å²) in [5.41, 5.74) is 3.75. The van der Waals surface area contributed by atoms with E-state index in [9.17, 15) is 14.0 Å². The third kappa shape index (κ3) is 5.45. The number of anilines is 1. The molecule has 1 N–H and O–H groups in total. The summed E-state index contributed by atoms with van der Waals surface area (Å²) in [4.78, 5) is 29.1. The van der Waals surface area contributed by atoms with Crippen LogP contribution in [-0.4, -0.2) is 23.6 Å². The van der Waals surface area contributed by atoms with Gasteiger partial charge in [-0.2, -0.15) is 0 Å². The number of thioether (sulfide) groups is 1. The van der Waals surface area contributed by atoms with Crippen molar-refractivity contribution < 1.29 is 14.0 Å². The van der Waals surface area contributed by atoms with Crippen molar-refractivity contribution in [2.24, 2.45) is 5.92 Å². The van der Waals surface area contributed by atoms with Crippen LogP contribution in [0, 0.1) is 18.7 Å². The Morgan fingerprint density at radius 3 is 2.71 bits per heavy atom. The second-order valence-electron chi connectivity index (χ2n) is 8.49. The van der Waals surface area contributed by atoms with Gasteiger partial charge in [-0.15, -0.1) is 11.8 Å². The van der Waals surface area contributed by atoms with Gasteiger partial charge in [-0.1, -0.05) is 66.6 Å². The van der Waals surface area contributed by atoms with Crippen molar-refractivity contribution >= 4 is 40.9 Å². The smallest absolute Gasteiger partial charge is 0.241 e. The summed E-state index contributed by atoms with van der Waals surface area (Å²) in [7, 11) is 0. The average Bonchev–Trinajstić information content (AvgIpc) is 2.81. The maximum Gasteiger partial charge on any atom is 0.241 e. The van der Waals surface area contributed by atoms with Crippen LogP contribution >= 0.6 is 23.4 Å². The minimum Gasteiger partial charge on any atom is -0.355 e. The van der Waals surface area contributed by atoms with E-state index in [4.69, 9.17) is 11.6 Å². The van der Waals surface area contributed by atoms with Gasteiger partial charge in [0.25, 0.3) is 0 Å². The minimum absolute atomic E-state index is 0.155. The Hall–Kier alpha value is -2.83. The van der Waals surface area contributed by atoms with E-state index in [0.717, 1.165) is 22.6 Å². The van der Waals surface area contributed by atoms with Crippen LogP contribution in [0.2, 0.25) is 5.02 Å². The molecule has 3 aromatic rings. The lowest BCUT2D eigenvalue weighted by Gasteiger charge is -2.36. The Bertz CT molecular complexity index is 1220. The number of para-hydroxylation sites is 1. The largest absolute Gasteiger partial charge is 0.355 e. The first-order valence-electron chi connectivity index (χ1n) is 11.2. The second-order valence-corrected chi connectivity index (χ2v) is 10.1. The molecule has 1 aliphatic heterocycles. The Morgan fingerprint density at radius 1 is 1.15 bits per heavy atom. The summed E-state index contributed by atoms with van der Waals surface area (Å²) in [5, 5.41) is 2.68. The average molecular weight is 497 g/mol. The zero-order valence-corrected chi connectivity index (χ0v) is 20.6. The number of hydrogen-bond donors (Lipinski definition) is 1. The lowest BCUT2D eigenvalue weighted by Crippen LogP contribution is -2.47. The van der Waals surface area contributed by atoms with Gasteiger partial charge in [-0.25, -0.2) is 4.39 Å². The van der Waals surface area contributed by atoms with Gasteiger partial charge < -0.3 is 10.2 Å². The third-order valence-electron chi connectivity index (χ3n) is 5.93. The van der Waals surface area contributed by atoms with Crippen LogP contribution in [0.5, 0.6) is 0 Å². The van der Waals surface area contributed by atoms with Crippen LogP contribution in [0.15, 0.2) is 71.6 Å². The highest BCUT2D eigenvalue weighted by atomic mass is 35.5. The van der Waals surface area contributed by atoms with E-state index in [2.05, 4.69) is 11.4 Å². The number of amides is 2. The number of fused-ring (bicyclic) bond motifs is 1. The maximum atomic E-state index is 13.6. The van der Waals surface area contributed by atoms with Crippen LogP contribution in [0.4, 0.5) is 10.1 Å². The molecule has 1 heterocycles. The lowest BCUT2D eigenvalue weighted by molar-refractivity contribution is -0.128. The van der Waals surface area contributed by atoms with Gasteiger partial charge in [0.15, 0.2) is 0 Å². The van der Waals surface area contributed by atoms with Crippen molar-refractivity contribution in [3.8, 4) is 0 Å². The molecule has 2 amide bonds. The van der Waals surface area contributed by atoms with E-state index in [1.807, 2.05) is 49.4 Å². The molecule has 3 aromatic carbocycles. The topological polar surface area (TPSA) is 49.4 Å². The molecule has 0 aromatic heterocycles. The lowest BCUT2D eigenvalue weighted by atomic mass is 10.0. The molecule has 7 heteroatoms. The highest BCUT2D eigenvalue weighted by Gasteiger charge is 2.39. The number of nitrogens with one attached hydrogen (secondary N) is 1. The summed E-state index contributed by atoms with van der Waals surface area (Å²) in [6, 6.07) is 20.0. The molecule has 4 nitrogen and oxygen atoms in total. The molecule has 176 valence electrons. The monoisotopic (exact) mass is 496 g/mol. The molecule has 0 radical (unpaired) electrons. The molecule has 0 aliphatic carbocycles. The molecule has 0 unspecified atom stereocenters. The first-order chi connectivity index (χ1) is 16.3. The zero-order chi connectivity index (χ0) is 24.2. The summed E-state index contributed by atoms with van der Waals surface area (Å²) in [6.07, 6.45) is 0.726.